The van der Waals surface area contributed by atoms with Gasteiger partial charge in [0, 0.05) is 30.3 Å². The average Bonchev–Trinajstić information content (AvgIpc) is 2.39. The van der Waals surface area contributed by atoms with Crippen LogP contribution in [0.25, 0.3) is 0 Å². The van der Waals surface area contributed by atoms with E-state index in [4.69, 9.17) is 17.3 Å². The van der Waals surface area contributed by atoms with Crippen molar-refractivity contribution in [2.24, 2.45) is 11.7 Å². The summed E-state index contributed by atoms with van der Waals surface area (Å²) < 4.78 is 0. The molecule has 3 heteroatoms. The summed E-state index contributed by atoms with van der Waals surface area (Å²) in [5, 5.41) is 0.802. The summed E-state index contributed by atoms with van der Waals surface area (Å²) in [5.41, 5.74) is 8.24. The molecule has 0 aromatic heterocycles. The fourth-order valence-corrected chi connectivity index (χ4v) is 2.79. The molecule has 0 aliphatic carbocycles. The Balaban J connectivity index is 2.22. The van der Waals surface area contributed by atoms with Gasteiger partial charge in [-0.05, 0) is 36.5 Å². The number of hydrogen-bond acceptors (Lipinski definition) is 2. The lowest BCUT2D eigenvalue weighted by Gasteiger charge is -2.35. The molecule has 0 radical (unpaired) electrons. The number of hydrogen-bond donors (Lipinski definition) is 1. The average molecular weight is 253 g/mol. The molecular weight excluding hydrogens is 232 g/mol. The van der Waals surface area contributed by atoms with Crippen molar-refractivity contribution in [2.75, 3.05) is 18.0 Å². The zero-order chi connectivity index (χ0) is 12.3. The highest BCUT2D eigenvalue weighted by atomic mass is 35.5. The molecule has 1 fully saturated rings. The zero-order valence-corrected chi connectivity index (χ0v) is 11.2. The van der Waals surface area contributed by atoms with Crippen molar-refractivity contribution in [1.29, 1.82) is 0 Å². The van der Waals surface area contributed by atoms with E-state index in [9.17, 15) is 0 Å². The smallest absolute Gasteiger partial charge is 0.0426 e. The van der Waals surface area contributed by atoms with Gasteiger partial charge in [-0.2, -0.15) is 0 Å². The lowest BCUT2D eigenvalue weighted by Crippen LogP contribution is -2.35. The van der Waals surface area contributed by atoms with Crippen molar-refractivity contribution in [3.63, 3.8) is 0 Å². The number of rotatable bonds is 3. The molecule has 1 saturated heterocycles. The zero-order valence-electron chi connectivity index (χ0n) is 10.5. The van der Waals surface area contributed by atoms with Crippen molar-refractivity contribution < 1.29 is 0 Å². The van der Waals surface area contributed by atoms with Crippen LogP contribution in [0.3, 0.4) is 0 Å². The van der Waals surface area contributed by atoms with Gasteiger partial charge in [-0.25, -0.2) is 0 Å². The fraction of sp³-hybridized carbons (Fsp3) is 0.571. The summed E-state index contributed by atoms with van der Waals surface area (Å²) in [5.74, 6) is 0.813. The lowest BCUT2D eigenvalue weighted by atomic mass is 9.94. The van der Waals surface area contributed by atoms with Gasteiger partial charge in [0.15, 0.2) is 0 Å². The van der Waals surface area contributed by atoms with Crippen LogP contribution in [0.4, 0.5) is 5.69 Å². The van der Waals surface area contributed by atoms with Gasteiger partial charge in [0.2, 0.25) is 0 Å². The highest BCUT2D eigenvalue weighted by molar-refractivity contribution is 6.30. The minimum absolute atomic E-state index is 0.583. The van der Waals surface area contributed by atoms with E-state index in [-0.39, 0.29) is 0 Å². The second kappa shape index (κ2) is 5.74. The molecule has 17 heavy (non-hydrogen) atoms. The summed E-state index contributed by atoms with van der Waals surface area (Å²) in [7, 11) is 0. The Hall–Kier alpha value is -0.730. The maximum atomic E-state index is 6.10. The molecule has 2 N–H and O–H groups in total. The van der Waals surface area contributed by atoms with Gasteiger partial charge in [-0.3, -0.25) is 0 Å². The highest BCUT2D eigenvalue weighted by Crippen LogP contribution is 2.29. The molecule has 1 unspecified atom stereocenters. The lowest BCUT2D eigenvalue weighted by molar-refractivity contribution is 0.404. The number of nitrogens with zero attached hydrogens (tertiary/aromatic N) is 1. The van der Waals surface area contributed by atoms with Gasteiger partial charge >= 0.3 is 0 Å². The molecule has 94 valence electrons. The SMILES string of the molecule is CCC1CCCN(c2cc(Cl)ccc2CN)C1. The largest absolute Gasteiger partial charge is 0.371 e. The third kappa shape index (κ3) is 2.93. The van der Waals surface area contributed by atoms with E-state index in [0.29, 0.717) is 6.54 Å². The van der Waals surface area contributed by atoms with E-state index >= 15 is 0 Å². The molecule has 1 atom stereocenters. The van der Waals surface area contributed by atoms with Crippen molar-refractivity contribution in [3.8, 4) is 0 Å². The minimum Gasteiger partial charge on any atom is -0.371 e. The highest BCUT2D eigenvalue weighted by Gasteiger charge is 2.20. The first-order chi connectivity index (χ1) is 8.24. The van der Waals surface area contributed by atoms with Crippen LogP contribution >= 0.6 is 11.6 Å². The van der Waals surface area contributed by atoms with E-state index in [1.54, 1.807) is 0 Å². The Morgan fingerprint density at radius 1 is 1.47 bits per heavy atom. The molecule has 1 aromatic rings. The molecule has 2 nitrogen and oxygen atoms in total. The van der Waals surface area contributed by atoms with Gasteiger partial charge in [0.05, 0.1) is 0 Å². The quantitative estimate of drug-likeness (QED) is 0.893. The first-order valence-electron chi connectivity index (χ1n) is 6.48. The molecular formula is C14H21ClN2. The Labute approximate surface area is 109 Å². The molecule has 0 bridgehead atoms. The van der Waals surface area contributed by atoms with Crippen LogP contribution in [0.5, 0.6) is 0 Å². The standard InChI is InChI=1S/C14H21ClN2/c1-2-11-4-3-7-17(10-11)14-8-13(15)6-5-12(14)9-16/h5-6,8,11H,2-4,7,9-10,16H2,1H3. The Morgan fingerprint density at radius 3 is 3.00 bits per heavy atom. The third-order valence-corrected chi connectivity index (χ3v) is 3.94. The number of nitrogens with two attached hydrogens (primary N) is 1. The Kier molecular flexibility index (Phi) is 4.30. The fourth-order valence-electron chi connectivity index (χ4n) is 2.62. The third-order valence-electron chi connectivity index (χ3n) is 3.70. The number of halogens is 1. The van der Waals surface area contributed by atoms with Gasteiger partial charge in [0.25, 0.3) is 0 Å². The number of piperidine rings is 1. The first-order valence-corrected chi connectivity index (χ1v) is 6.85. The van der Waals surface area contributed by atoms with Crippen LogP contribution in [0, 0.1) is 5.92 Å². The summed E-state index contributed by atoms with van der Waals surface area (Å²) in [6.07, 6.45) is 3.88. The van der Waals surface area contributed by atoms with Gasteiger partial charge in [-0.1, -0.05) is 31.0 Å². The van der Waals surface area contributed by atoms with Crippen LogP contribution in [0.1, 0.15) is 31.7 Å². The van der Waals surface area contributed by atoms with Crippen LogP contribution in [0.2, 0.25) is 5.02 Å². The summed E-state index contributed by atoms with van der Waals surface area (Å²) in [6, 6.07) is 6.03. The number of anilines is 1. The molecule has 2 rings (SSSR count). The normalized spacial score (nSPS) is 20.6. The summed E-state index contributed by atoms with van der Waals surface area (Å²) >= 11 is 6.10. The minimum atomic E-state index is 0.583. The molecule has 1 aromatic carbocycles. The molecule has 1 aliphatic rings. The van der Waals surface area contributed by atoms with Crippen LogP contribution in [-0.2, 0) is 6.54 Å². The van der Waals surface area contributed by atoms with Crippen molar-refractivity contribution in [2.45, 2.75) is 32.7 Å². The monoisotopic (exact) mass is 252 g/mol. The Morgan fingerprint density at radius 2 is 2.29 bits per heavy atom. The summed E-state index contributed by atoms with van der Waals surface area (Å²) in [4.78, 5) is 2.45. The first kappa shape index (κ1) is 12.7. The summed E-state index contributed by atoms with van der Waals surface area (Å²) in [6.45, 7) is 5.13. The molecule has 1 heterocycles. The van der Waals surface area contributed by atoms with E-state index < -0.39 is 0 Å². The van der Waals surface area contributed by atoms with E-state index in [0.717, 1.165) is 24.0 Å². The topological polar surface area (TPSA) is 29.3 Å². The van der Waals surface area contributed by atoms with E-state index in [2.05, 4.69) is 17.9 Å². The predicted octanol–water partition coefficient (Wildman–Crippen LogP) is 3.43. The molecule has 0 amide bonds. The Bertz CT molecular complexity index is 378. The van der Waals surface area contributed by atoms with Gasteiger partial charge in [-0.15, -0.1) is 0 Å². The predicted molar refractivity (Wildman–Crippen MR) is 74.6 cm³/mol. The van der Waals surface area contributed by atoms with Gasteiger partial charge < -0.3 is 10.6 Å². The molecule has 0 saturated carbocycles. The molecule has 1 aliphatic heterocycles. The second-order valence-electron chi connectivity index (χ2n) is 4.84. The van der Waals surface area contributed by atoms with Crippen molar-refractivity contribution in [3.05, 3.63) is 28.8 Å². The molecule has 0 spiro atoms. The van der Waals surface area contributed by atoms with E-state index in [1.165, 1.54) is 30.5 Å². The van der Waals surface area contributed by atoms with Gasteiger partial charge in [0.1, 0.15) is 0 Å². The maximum Gasteiger partial charge on any atom is 0.0426 e. The van der Waals surface area contributed by atoms with Crippen molar-refractivity contribution >= 4 is 17.3 Å². The maximum absolute atomic E-state index is 6.10. The van der Waals surface area contributed by atoms with E-state index in [1.807, 2.05) is 12.1 Å². The second-order valence-corrected chi connectivity index (χ2v) is 5.28. The number of benzene rings is 1. The van der Waals surface area contributed by atoms with Crippen LogP contribution in [0.15, 0.2) is 18.2 Å². The van der Waals surface area contributed by atoms with Crippen molar-refractivity contribution in [1.82, 2.24) is 0 Å². The van der Waals surface area contributed by atoms with Crippen LogP contribution in [-0.4, -0.2) is 13.1 Å². The van der Waals surface area contributed by atoms with Crippen LogP contribution < -0.4 is 10.6 Å².